The second-order valence-electron chi connectivity index (χ2n) is 4.53. The van der Waals surface area contributed by atoms with Crippen molar-refractivity contribution in [3.8, 4) is 0 Å². The third-order valence-electron chi connectivity index (χ3n) is 3.10. The SMILES string of the molecule is Nc1nc(=O)n([C@H]2C[C@H](O)[C@@H](CO)O2)cc1CC(=O)O. The van der Waals surface area contributed by atoms with Crippen LogP contribution in [0.2, 0.25) is 0 Å². The number of rotatable bonds is 4. The highest BCUT2D eigenvalue weighted by Gasteiger charge is 2.35. The molecule has 0 unspecified atom stereocenters. The maximum atomic E-state index is 11.8. The topological polar surface area (TPSA) is 148 Å². The number of ether oxygens (including phenoxy) is 1. The van der Waals surface area contributed by atoms with E-state index < -0.39 is 30.1 Å². The van der Waals surface area contributed by atoms with Crippen molar-refractivity contribution in [2.75, 3.05) is 12.3 Å². The van der Waals surface area contributed by atoms with Crippen LogP contribution in [0.25, 0.3) is 0 Å². The molecule has 0 radical (unpaired) electrons. The highest BCUT2D eigenvalue weighted by atomic mass is 16.5. The van der Waals surface area contributed by atoms with Crippen molar-refractivity contribution in [3.63, 3.8) is 0 Å². The second kappa shape index (κ2) is 5.57. The zero-order valence-corrected chi connectivity index (χ0v) is 10.5. The van der Waals surface area contributed by atoms with Crippen molar-refractivity contribution in [3.05, 3.63) is 22.2 Å². The molecule has 0 aromatic carbocycles. The zero-order valence-electron chi connectivity index (χ0n) is 10.5. The third-order valence-corrected chi connectivity index (χ3v) is 3.10. The molecule has 0 spiro atoms. The lowest BCUT2D eigenvalue weighted by Gasteiger charge is -2.15. The van der Waals surface area contributed by atoms with Gasteiger partial charge >= 0.3 is 11.7 Å². The quantitative estimate of drug-likeness (QED) is 0.501. The largest absolute Gasteiger partial charge is 0.481 e. The fourth-order valence-corrected chi connectivity index (χ4v) is 2.08. The van der Waals surface area contributed by atoms with Crippen LogP contribution in [0.4, 0.5) is 5.82 Å². The monoisotopic (exact) mass is 285 g/mol. The summed E-state index contributed by atoms with van der Waals surface area (Å²) in [4.78, 5) is 26.0. The molecule has 1 saturated heterocycles. The molecular formula is C11H15N3O6. The fraction of sp³-hybridized carbons (Fsp3) is 0.545. The second-order valence-corrected chi connectivity index (χ2v) is 4.53. The first-order chi connectivity index (χ1) is 9.42. The van der Waals surface area contributed by atoms with E-state index in [1.807, 2.05) is 0 Å². The minimum atomic E-state index is -1.11. The number of hydrogen-bond donors (Lipinski definition) is 4. The summed E-state index contributed by atoms with van der Waals surface area (Å²) >= 11 is 0. The Kier molecular flexibility index (Phi) is 4.02. The van der Waals surface area contributed by atoms with E-state index in [0.29, 0.717) is 0 Å². The molecule has 5 N–H and O–H groups in total. The Hall–Kier alpha value is -1.97. The summed E-state index contributed by atoms with van der Waals surface area (Å²) in [5.41, 5.74) is 4.98. The normalized spacial score (nSPS) is 25.8. The summed E-state index contributed by atoms with van der Waals surface area (Å²) in [5.74, 6) is -1.25. The number of nitrogens with two attached hydrogens (primary N) is 1. The van der Waals surface area contributed by atoms with Crippen LogP contribution < -0.4 is 11.4 Å². The molecule has 2 rings (SSSR count). The number of aromatic nitrogens is 2. The molecule has 1 aliphatic rings. The van der Waals surface area contributed by atoms with Gasteiger partial charge in [-0.15, -0.1) is 0 Å². The molecule has 1 fully saturated rings. The Balaban J connectivity index is 2.32. The van der Waals surface area contributed by atoms with E-state index in [0.717, 1.165) is 4.57 Å². The summed E-state index contributed by atoms with van der Waals surface area (Å²) in [5, 5.41) is 27.4. The summed E-state index contributed by atoms with van der Waals surface area (Å²) in [7, 11) is 0. The molecule has 0 aliphatic carbocycles. The molecule has 9 nitrogen and oxygen atoms in total. The smallest absolute Gasteiger partial charge is 0.351 e. The average molecular weight is 285 g/mol. The Morgan fingerprint density at radius 1 is 1.60 bits per heavy atom. The van der Waals surface area contributed by atoms with Crippen LogP contribution in [0.15, 0.2) is 11.0 Å². The molecule has 1 aliphatic heterocycles. The first-order valence-corrected chi connectivity index (χ1v) is 5.96. The molecule has 3 atom stereocenters. The van der Waals surface area contributed by atoms with Crippen LogP contribution in [-0.4, -0.2) is 49.7 Å². The maximum absolute atomic E-state index is 11.8. The lowest BCUT2D eigenvalue weighted by molar-refractivity contribution is -0.136. The van der Waals surface area contributed by atoms with E-state index in [1.54, 1.807) is 0 Å². The number of aliphatic hydroxyl groups excluding tert-OH is 2. The Bertz CT molecular complexity index is 572. The Labute approximate surface area is 113 Å². The standard InChI is InChI=1S/C11H15N3O6/c12-10-5(1-9(17)18)3-14(11(19)13-10)8-2-6(16)7(4-15)20-8/h3,6-8,15-16H,1-2,4H2,(H,17,18)(H2,12,13,19)/t6-,7+,8+/m0/s1. The van der Waals surface area contributed by atoms with Crippen molar-refractivity contribution >= 4 is 11.8 Å². The van der Waals surface area contributed by atoms with Crippen molar-refractivity contribution < 1.29 is 24.9 Å². The number of anilines is 1. The van der Waals surface area contributed by atoms with Gasteiger partial charge in [0.05, 0.1) is 19.1 Å². The van der Waals surface area contributed by atoms with E-state index >= 15 is 0 Å². The summed E-state index contributed by atoms with van der Waals surface area (Å²) in [6.07, 6.45) is -1.52. The van der Waals surface area contributed by atoms with Crippen LogP contribution >= 0.6 is 0 Å². The van der Waals surface area contributed by atoms with Crippen LogP contribution in [0, 0.1) is 0 Å². The average Bonchev–Trinajstić information content (AvgIpc) is 2.73. The predicted octanol–water partition coefficient (Wildman–Crippen LogP) is -1.91. The van der Waals surface area contributed by atoms with E-state index in [9.17, 15) is 14.7 Å². The van der Waals surface area contributed by atoms with Crippen molar-refractivity contribution in [2.45, 2.75) is 31.3 Å². The highest BCUT2D eigenvalue weighted by Crippen LogP contribution is 2.27. The van der Waals surface area contributed by atoms with Gasteiger partial charge in [-0.25, -0.2) is 4.79 Å². The molecule has 1 aromatic heterocycles. The lowest BCUT2D eigenvalue weighted by atomic mass is 10.2. The number of hydrogen-bond acceptors (Lipinski definition) is 7. The number of carboxylic acids is 1. The summed E-state index contributed by atoms with van der Waals surface area (Å²) in [6, 6.07) is 0. The number of carbonyl (C=O) groups is 1. The van der Waals surface area contributed by atoms with Gasteiger partial charge in [-0.3, -0.25) is 9.36 Å². The van der Waals surface area contributed by atoms with Gasteiger partial charge in [0.15, 0.2) is 0 Å². The van der Waals surface area contributed by atoms with Gasteiger partial charge in [-0.1, -0.05) is 0 Å². The van der Waals surface area contributed by atoms with E-state index in [4.69, 9.17) is 20.7 Å². The Morgan fingerprint density at radius 2 is 2.30 bits per heavy atom. The van der Waals surface area contributed by atoms with Gasteiger partial charge in [0.2, 0.25) is 0 Å². The molecule has 1 aromatic rings. The minimum absolute atomic E-state index is 0.100. The van der Waals surface area contributed by atoms with Crippen LogP contribution in [-0.2, 0) is 16.0 Å². The first kappa shape index (κ1) is 14.4. The van der Waals surface area contributed by atoms with Crippen molar-refractivity contribution in [1.29, 1.82) is 0 Å². The molecular weight excluding hydrogens is 270 g/mol. The van der Waals surface area contributed by atoms with Crippen molar-refractivity contribution in [1.82, 2.24) is 9.55 Å². The number of nitrogen functional groups attached to an aromatic ring is 1. The summed E-state index contributed by atoms with van der Waals surface area (Å²) < 4.78 is 6.40. The first-order valence-electron chi connectivity index (χ1n) is 5.96. The predicted molar refractivity (Wildman–Crippen MR) is 65.9 cm³/mol. The summed E-state index contributed by atoms with van der Waals surface area (Å²) in [6.45, 7) is -0.378. The molecule has 9 heteroatoms. The molecule has 0 amide bonds. The zero-order chi connectivity index (χ0) is 14.9. The van der Waals surface area contributed by atoms with Gasteiger partial charge in [0.1, 0.15) is 18.1 Å². The maximum Gasteiger partial charge on any atom is 0.351 e. The number of aliphatic carboxylic acids is 1. The fourth-order valence-electron chi connectivity index (χ4n) is 2.08. The van der Waals surface area contributed by atoms with Crippen molar-refractivity contribution in [2.24, 2.45) is 0 Å². The minimum Gasteiger partial charge on any atom is -0.481 e. The highest BCUT2D eigenvalue weighted by molar-refractivity contribution is 5.71. The third kappa shape index (κ3) is 2.79. The van der Waals surface area contributed by atoms with Gasteiger partial charge < -0.3 is 25.8 Å². The van der Waals surface area contributed by atoms with Crippen LogP contribution in [0.1, 0.15) is 18.2 Å². The Morgan fingerprint density at radius 3 is 2.85 bits per heavy atom. The molecule has 2 heterocycles. The van der Waals surface area contributed by atoms with Gasteiger partial charge in [-0.2, -0.15) is 4.98 Å². The van der Waals surface area contributed by atoms with Gasteiger partial charge in [0.25, 0.3) is 0 Å². The van der Waals surface area contributed by atoms with E-state index in [2.05, 4.69) is 4.98 Å². The van der Waals surface area contributed by atoms with E-state index in [1.165, 1.54) is 6.20 Å². The molecule has 0 saturated carbocycles. The van der Waals surface area contributed by atoms with Gasteiger partial charge in [0, 0.05) is 18.2 Å². The number of carboxylic acid groups (broad SMARTS) is 1. The van der Waals surface area contributed by atoms with E-state index in [-0.39, 0.29) is 30.8 Å². The van der Waals surface area contributed by atoms with Gasteiger partial charge in [-0.05, 0) is 0 Å². The number of nitrogens with zero attached hydrogens (tertiary/aromatic N) is 2. The molecule has 110 valence electrons. The van der Waals surface area contributed by atoms with Crippen LogP contribution in [0.3, 0.4) is 0 Å². The molecule has 0 bridgehead atoms. The number of aliphatic hydroxyl groups is 2. The van der Waals surface area contributed by atoms with Crippen LogP contribution in [0.5, 0.6) is 0 Å². The lowest BCUT2D eigenvalue weighted by Crippen LogP contribution is -2.29. The molecule has 20 heavy (non-hydrogen) atoms.